The Hall–Kier alpha value is -1.64. The fourth-order valence-electron chi connectivity index (χ4n) is 1.07. The lowest BCUT2D eigenvalue weighted by Gasteiger charge is -2.10. The van der Waals surface area contributed by atoms with E-state index in [1.807, 2.05) is 0 Å². The van der Waals surface area contributed by atoms with Crippen molar-refractivity contribution in [2.45, 2.75) is 12.8 Å². The number of aliphatic carboxylic acids is 1. The Morgan fingerprint density at radius 3 is 2.23 bits per heavy atom. The Kier molecular flexibility index (Phi) is 2.80. The van der Waals surface area contributed by atoms with E-state index in [-0.39, 0.29) is 0 Å². The highest BCUT2D eigenvalue weighted by atomic mass is 16.4. The molecular weight excluding hydrogens is 168 g/mol. The van der Waals surface area contributed by atoms with E-state index in [2.05, 4.69) is 0 Å². The van der Waals surface area contributed by atoms with E-state index in [9.17, 15) is 14.7 Å². The first-order valence-electron chi connectivity index (χ1n) is 3.93. The van der Waals surface area contributed by atoms with Gasteiger partial charge in [0, 0.05) is 5.92 Å². The maximum Gasteiger partial charge on any atom is 0.185 e. The molecule has 0 N–H and O–H groups in total. The van der Waals surface area contributed by atoms with Gasteiger partial charge in [-0.05, 0) is 5.56 Å². The summed E-state index contributed by atoms with van der Waals surface area (Å²) in [7, 11) is 0. The van der Waals surface area contributed by atoms with Gasteiger partial charge in [-0.2, -0.15) is 0 Å². The van der Waals surface area contributed by atoms with Crippen molar-refractivity contribution in [3.8, 4) is 0 Å². The van der Waals surface area contributed by atoms with E-state index in [0.717, 1.165) is 0 Å². The van der Waals surface area contributed by atoms with Crippen LogP contribution in [0.5, 0.6) is 0 Å². The maximum absolute atomic E-state index is 11.0. The first-order chi connectivity index (χ1) is 6.13. The summed E-state index contributed by atoms with van der Waals surface area (Å²) in [5.74, 6) is -3.14. The second-order valence-electron chi connectivity index (χ2n) is 2.78. The number of ketones is 1. The van der Waals surface area contributed by atoms with Gasteiger partial charge in [0.2, 0.25) is 0 Å². The monoisotopic (exact) mass is 177 g/mol. The van der Waals surface area contributed by atoms with Gasteiger partial charge >= 0.3 is 0 Å². The molecule has 1 unspecified atom stereocenters. The molecule has 0 aliphatic heterocycles. The number of rotatable bonds is 3. The molecule has 1 atom stereocenters. The van der Waals surface area contributed by atoms with Crippen molar-refractivity contribution < 1.29 is 14.7 Å². The highest BCUT2D eigenvalue weighted by Crippen LogP contribution is 2.14. The van der Waals surface area contributed by atoms with Crippen molar-refractivity contribution in [2.75, 3.05) is 0 Å². The molecule has 0 saturated heterocycles. The van der Waals surface area contributed by atoms with Gasteiger partial charge in [-0.25, -0.2) is 0 Å². The van der Waals surface area contributed by atoms with Crippen LogP contribution in [0.15, 0.2) is 30.3 Å². The Bertz CT molecular complexity index is 316. The van der Waals surface area contributed by atoms with Crippen molar-refractivity contribution in [1.29, 1.82) is 0 Å². The van der Waals surface area contributed by atoms with Crippen LogP contribution < -0.4 is 5.11 Å². The minimum Gasteiger partial charge on any atom is -0.542 e. The predicted octanol–water partition coefficient (Wildman–Crippen LogP) is 0.109. The van der Waals surface area contributed by atoms with Gasteiger partial charge in [-0.15, -0.1) is 0 Å². The highest BCUT2D eigenvalue weighted by molar-refractivity contribution is 6.33. The van der Waals surface area contributed by atoms with Crippen LogP contribution in [0.2, 0.25) is 0 Å². The minimum absolute atomic E-state index is 0.633. The molecule has 13 heavy (non-hydrogen) atoms. The zero-order valence-corrected chi connectivity index (χ0v) is 7.19. The summed E-state index contributed by atoms with van der Waals surface area (Å²) in [6, 6.07) is 8.75. The molecule has 0 heterocycles. The molecular formula is C10H9O3-. The van der Waals surface area contributed by atoms with Crippen molar-refractivity contribution in [2.24, 2.45) is 0 Å². The number of Topliss-reactive ketones (excluding diaryl/α,β-unsaturated/α-hetero) is 1. The molecule has 1 aromatic carbocycles. The van der Waals surface area contributed by atoms with Crippen LogP contribution in [0.25, 0.3) is 0 Å². The van der Waals surface area contributed by atoms with Crippen LogP contribution in [-0.2, 0) is 9.59 Å². The average molecular weight is 177 g/mol. The second kappa shape index (κ2) is 3.85. The molecule has 0 amide bonds. The van der Waals surface area contributed by atoms with E-state index in [1.165, 1.54) is 0 Å². The van der Waals surface area contributed by atoms with E-state index in [4.69, 9.17) is 0 Å². The zero-order valence-electron chi connectivity index (χ0n) is 7.19. The SMILES string of the molecule is CC(C(=O)C(=O)[O-])c1ccccc1. The molecule has 0 aliphatic carbocycles. The topological polar surface area (TPSA) is 57.2 Å². The second-order valence-corrected chi connectivity index (χ2v) is 2.78. The lowest BCUT2D eigenvalue weighted by atomic mass is 9.97. The summed E-state index contributed by atoms with van der Waals surface area (Å²) < 4.78 is 0. The predicted molar refractivity (Wildman–Crippen MR) is 44.9 cm³/mol. The lowest BCUT2D eigenvalue weighted by Crippen LogP contribution is -2.34. The Morgan fingerprint density at radius 2 is 1.77 bits per heavy atom. The van der Waals surface area contributed by atoms with Crippen molar-refractivity contribution in [3.05, 3.63) is 35.9 Å². The third-order valence-corrected chi connectivity index (χ3v) is 1.89. The third-order valence-electron chi connectivity index (χ3n) is 1.89. The molecule has 3 nitrogen and oxygen atoms in total. The van der Waals surface area contributed by atoms with E-state index in [1.54, 1.807) is 37.3 Å². The van der Waals surface area contributed by atoms with E-state index < -0.39 is 17.7 Å². The van der Waals surface area contributed by atoms with Gasteiger partial charge in [0.25, 0.3) is 0 Å². The van der Waals surface area contributed by atoms with Gasteiger partial charge in [-0.3, -0.25) is 4.79 Å². The molecule has 3 heteroatoms. The number of hydrogen-bond donors (Lipinski definition) is 0. The van der Waals surface area contributed by atoms with Crippen LogP contribution in [0, 0.1) is 0 Å². The van der Waals surface area contributed by atoms with Crippen LogP contribution in [0.1, 0.15) is 18.4 Å². The van der Waals surface area contributed by atoms with Gasteiger partial charge in [0.1, 0.15) is 5.97 Å². The molecule has 0 fully saturated rings. The van der Waals surface area contributed by atoms with Gasteiger partial charge in [0.15, 0.2) is 5.78 Å². The summed E-state index contributed by atoms with van der Waals surface area (Å²) in [5, 5.41) is 10.3. The Balaban J connectivity index is 2.86. The number of carbonyl (C=O) groups excluding carboxylic acids is 2. The number of hydrogen-bond acceptors (Lipinski definition) is 3. The molecule has 0 aliphatic rings. The number of carboxylic acid groups (broad SMARTS) is 1. The molecule has 0 saturated carbocycles. The smallest absolute Gasteiger partial charge is 0.185 e. The number of carbonyl (C=O) groups is 2. The molecule has 0 spiro atoms. The first-order valence-corrected chi connectivity index (χ1v) is 3.93. The van der Waals surface area contributed by atoms with E-state index in [0.29, 0.717) is 5.56 Å². The third kappa shape index (κ3) is 2.15. The summed E-state index contributed by atoms with van der Waals surface area (Å²) >= 11 is 0. The first kappa shape index (κ1) is 9.45. The fourth-order valence-corrected chi connectivity index (χ4v) is 1.07. The highest BCUT2D eigenvalue weighted by Gasteiger charge is 2.14. The number of benzene rings is 1. The molecule has 0 aromatic heterocycles. The zero-order chi connectivity index (χ0) is 9.84. The van der Waals surface area contributed by atoms with Crippen LogP contribution in [0.3, 0.4) is 0 Å². The Morgan fingerprint density at radius 1 is 1.23 bits per heavy atom. The Labute approximate surface area is 76.0 Å². The van der Waals surface area contributed by atoms with E-state index >= 15 is 0 Å². The summed E-state index contributed by atoms with van der Waals surface area (Å²) in [6.07, 6.45) is 0. The standard InChI is InChI=1S/C10H10O3/c1-7(9(11)10(12)13)8-5-3-2-4-6-8/h2-7H,1H3,(H,12,13)/p-1. The van der Waals surface area contributed by atoms with Crippen LogP contribution >= 0.6 is 0 Å². The van der Waals surface area contributed by atoms with Gasteiger partial charge in [-0.1, -0.05) is 37.3 Å². The molecule has 68 valence electrons. The molecule has 1 aromatic rings. The van der Waals surface area contributed by atoms with Gasteiger partial charge in [0.05, 0.1) is 0 Å². The minimum atomic E-state index is -1.63. The summed E-state index contributed by atoms with van der Waals surface area (Å²) in [4.78, 5) is 21.2. The van der Waals surface area contributed by atoms with Crippen molar-refractivity contribution in [3.63, 3.8) is 0 Å². The largest absolute Gasteiger partial charge is 0.542 e. The fraction of sp³-hybridized carbons (Fsp3) is 0.200. The summed E-state index contributed by atoms with van der Waals surface area (Å²) in [5.41, 5.74) is 0.691. The number of carboxylic acids is 1. The summed E-state index contributed by atoms with van der Waals surface area (Å²) in [6.45, 7) is 1.55. The quantitative estimate of drug-likeness (QED) is 0.615. The van der Waals surface area contributed by atoms with Crippen molar-refractivity contribution >= 4 is 11.8 Å². The molecule has 0 radical (unpaired) electrons. The lowest BCUT2D eigenvalue weighted by molar-refractivity contribution is -0.300. The maximum atomic E-state index is 11.0. The molecule has 1 rings (SSSR count). The molecule has 0 bridgehead atoms. The normalized spacial score (nSPS) is 12.1. The van der Waals surface area contributed by atoms with Crippen LogP contribution in [0.4, 0.5) is 0 Å². The van der Waals surface area contributed by atoms with Crippen molar-refractivity contribution in [1.82, 2.24) is 0 Å². The van der Waals surface area contributed by atoms with Crippen LogP contribution in [-0.4, -0.2) is 11.8 Å². The average Bonchev–Trinajstić information content (AvgIpc) is 2.17. The van der Waals surface area contributed by atoms with Gasteiger partial charge < -0.3 is 9.90 Å².